The van der Waals surface area contributed by atoms with E-state index in [1.165, 1.54) is 20.0 Å². The minimum atomic E-state index is -0.362. The maximum atomic E-state index is 12.2. The fraction of sp³-hybridized carbons (Fsp3) is 0.824. The Morgan fingerprint density at radius 2 is 2.00 bits per heavy atom. The first-order valence-corrected chi connectivity index (χ1v) is 8.19. The lowest BCUT2D eigenvalue weighted by atomic mass is 9.66. The molecule has 0 saturated heterocycles. The predicted octanol–water partition coefficient (Wildman–Crippen LogP) is 1.84. The molecule has 21 heavy (non-hydrogen) atoms. The standard InChI is InChI=1S/C17H24O4/c1-20-8-21-17(19)14(7-18)12-5-11-6-13(12)16-10-3-2-9(4-10)15(11)16/h2-3,9-16,18H,4-8H2,1H3. The normalized spacial score (nSPS) is 46.9. The summed E-state index contributed by atoms with van der Waals surface area (Å²) in [5.41, 5.74) is 0. The minimum Gasteiger partial charge on any atom is -0.438 e. The Balaban J connectivity index is 1.50. The summed E-state index contributed by atoms with van der Waals surface area (Å²) in [6, 6.07) is 0. The highest BCUT2D eigenvalue weighted by Crippen LogP contribution is 2.67. The van der Waals surface area contributed by atoms with Crippen molar-refractivity contribution >= 4 is 5.97 Å². The van der Waals surface area contributed by atoms with Crippen molar-refractivity contribution in [3.05, 3.63) is 12.2 Å². The Kier molecular flexibility index (Phi) is 3.34. The number of allylic oxidation sites excluding steroid dienone is 2. The van der Waals surface area contributed by atoms with Crippen LogP contribution in [0, 0.1) is 47.3 Å². The smallest absolute Gasteiger partial charge is 0.313 e. The number of ether oxygens (including phenoxy) is 2. The van der Waals surface area contributed by atoms with Crippen LogP contribution in [-0.2, 0) is 14.3 Å². The van der Waals surface area contributed by atoms with Gasteiger partial charge in [0.2, 0.25) is 0 Å². The molecule has 4 rings (SSSR count). The molecule has 4 heteroatoms. The number of hydrogen-bond donors (Lipinski definition) is 1. The van der Waals surface area contributed by atoms with Crippen LogP contribution in [0.5, 0.6) is 0 Å². The Morgan fingerprint density at radius 1 is 1.24 bits per heavy atom. The van der Waals surface area contributed by atoms with Crippen molar-refractivity contribution in [3.8, 4) is 0 Å². The fourth-order valence-electron chi connectivity index (χ4n) is 6.14. The molecule has 4 aliphatic carbocycles. The zero-order valence-electron chi connectivity index (χ0n) is 12.5. The lowest BCUT2D eigenvalue weighted by Crippen LogP contribution is -2.39. The monoisotopic (exact) mass is 292 g/mol. The van der Waals surface area contributed by atoms with E-state index in [9.17, 15) is 9.90 Å². The van der Waals surface area contributed by atoms with Crippen LogP contribution in [0.15, 0.2) is 12.2 Å². The van der Waals surface area contributed by atoms with Gasteiger partial charge in [-0.1, -0.05) is 12.2 Å². The van der Waals surface area contributed by atoms with Crippen molar-refractivity contribution in [2.75, 3.05) is 20.5 Å². The average molecular weight is 292 g/mol. The molecule has 4 bridgehead atoms. The molecule has 4 nitrogen and oxygen atoms in total. The number of esters is 1. The SMILES string of the molecule is COCOC(=O)C(CO)C1CC2CC1C1C3C=CC(C3)C21. The molecule has 116 valence electrons. The number of methoxy groups -OCH3 is 1. The fourth-order valence-corrected chi connectivity index (χ4v) is 6.14. The molecule has 4 aliphatic rings. The number of carbonyl (C=O) groups is 1. The number of hydrogen-bond acceptors (Lipinski definition) is 4. The van der Waals surface area contributed by atoms with Crippen LogP contribution in [0.2, 0.25) is 0 Å². The number of rotatable bonds is 5. The molecule has 3 saturated carbocycles. The van der Waals surface area contributed by atoms with E-state index < -0.39 is 0 Å². The third-order valence-electron chi connectivity index (χ3n) is 6.66. The lowest BCUT2D eigenvalue weighted by Gasteiger charge is -2.38. The number of aliphatic hydroxyl groups is 1. The lowest BCUT2D eigenvalue weighted by molar-refractivity contribution is -0.164. The van der Waals surface area contributed by atoms with E-state index in [2.05, 4.69) is 12.2 Å². The summed E-state index contributed by atoms with van der Waals surface area (Å²) < 4.78 is 9.91. The summed E-state index contributed by atoms with van der Waals surface area (Å²) in [7, 11) is 1.50. The second kappa shape index (κ2) is 5.10. The first-order valence-electron chi connectivity index (χ1n) is 8.19. The van der Waals surface area contributed by atoms with Gasteiger partial charge in [0.05, 0.1) is 12.5 Å². The molecule has 0 amide bonds. The highest BCUT2D eigenvalue weighted by molar-refractivity contribution is 5.73. The molecule has 0 heterocycles. The Morgan fingerprint density at radius 3 is 2.71 bits per heavy atom. The van der Waals surface area contributed by atoms with Crippen molar-refractivity contribution < 1.29 is 19.4 Å². The summed E-state index contributed by atoms with van der Waals surface area (Å²) in [6.07, 6.45) is 8.50. The van der Waals surface area contributed by atoms with Crippen LogP contribution in [0.3, 0.4) is 0 Å². The van der Waals surface area contributed by atoms with Crippen molar-refractivity contribution in [3.63, 3.8) is 0 Å². The van der Waals surface area contributed by atoms with Crippen LogP contribution >= 0.6 is 0 Å². The third-order valence-corrected chi connectivity index (χ3v) is 6.66. The number of aliphatic hydroxyl groups excluding tert-OH is 1. The van der Waals surface area contributed by atoms with Gasteiger partial charge in [0.25, 0.3) is 0 Å². The van der Waals surface area contributed by atoms with Crippen LogP contribution in [0.1, 0.15) is 19.3 Å². The molecule has 8 atom stereocenters. The molecular formula is C17H24O4. The van der Waals surface area contributed by atoms with Gasteiger partial charge in [0, 0.05) is 7.11 Å². The Bertz CT molecular complexity index is 460. The summed E-state index contributed by atoms with van der Waals surface area (Å²) in [5.74, 6) is 4.16. The van der Waals surface area contributed by atoms with Gasteiger partial charge >= 0.3 is 5.97 Å². The number of carbonyl (C=O) groups excluding carboxylic acids is 1. The molecule has 1 N–H and O–H groups in total. The highest BCUT2D eigenvalue weighted by Gasteiger charge is 2.62. The minimum absolute atomic E-state index is 0.0182. The van der Waals surface area contributed by atoms with Crippen LogP contribution < -0.4 is 0 Å². The third kappa shape index (κ3) is 1.92. The van der Waals surface area contributed by atoms with Gasteiger partial charge in [0.1, 0.15) is 0 Å². The van der Waals surface area contributed by atoms with Gasteiger partial charge < -0.3 is 14.6 Å². The van der Waals surface area contributed by atoms with E-state index in [1.54, 1.807) is 0 Å². The van der Waals surface area contributed by atoms with E-state index in [0.717, 1.165) is 36.0 Å². The van der Waals surface area contributed by atoms with Gasteiger partial charge in [-0.15, -0.1) is 0 Å². The second-order valence-electron chi connectivity index (χ2n) is 7.32. The maximum absolute atomic E-state index is 12.2. The topological polar surface area (TPSA) is 55.8 Å². The molecule has 0 radical (unpaired) electrons. The molecule has 0 aromatic rings. The molecule has 0 aromatic heterocycles. The highest BCUT2D eigenvalue weighted by atomic mass is 16.7. The number of fused-ring (bicyclic) bond motifs is 9. The van der Waals surface area contributed by atoms with Crippen LogP contribution in [-0.4, -0.2) is 31.6 Å². The summed E-state index contributed by atoms with van der Waals surface area (Å²) in [5, 5.41) is 9.70. The van der Waals surface area contributed by atoms with Crippen molar-refractivity contribution in [2.24, 2.45) is 47.3 Å². The van der Waals surface area contributed by atoms with Crippen molar-refractivity contribution in [2.45, 2.75) is 19.3 Å². The predicted molar refractivity (Wildman–Crippen MR) is 76.0 cm³/mol. The maximum Gasteiger partial charge on any atom is 0.313 e. The first-order chi connectivity index (χ1) is 10.2. The zero-order valence-corrected chi connectivity index (χ0v) is 12.5. The summed E-state index contributed by atoms with van der Waals surface area (Å²) >= 11 is 0. The van der Waals surface area contributed by atoms with Crippen molar-refractivity contribution in [1.82, 2.24) is 0 Å². The summed E-state index contributed by atoms with van der Waals surface area (Å²) in [6.45, 7) is -0.118. The van der Waals surface area contributed by atoms with Gasteiger partial charge in [-0.25, -0.2) is 0 Å². The van der Waals surface area contributed by atoms with E-state index in [0.29, 0.717) is 11.8 Å². The average Bonchev–Trinajstić information content (AvgIpc) is 3.23. The molecule has 0 aliphatic heterocycles. The van der Waals surface area contributed by atoms with E-state index in [-0.39, 0.29) is 25.3 Å². The summed E-state index contributed by atoms with van der Waals surface area (Å²) in [4.78, 5) is 12.2. The van der Waals surface area contributed by atoms with Gasteiger partial charge in [-0.3, -0.25) is 4.79 Å². The van der Waals surface area contributed by atoms with Gasteiger partial charge in [0.15, 0.2) is 6.79 Å². The quantitative estimate of drug-likeness (QED) is 0.363. The van der Waals surface area contributed by atoms with Crippen molar-refractivity contribution in [1.29, 1.82) is 0 Å². The van der Waals surface area contributed by atoms with E-state index in [4.69, 9.17) is 9.47 Å². The van der Waals surface area contributed by atoms with Crippen LogP contribution in [0.25, 0.3) is 0 Å². The molecular weight excluding hydrogens is 268 g/mol. The zero-order chi connectivity index (χ0) is 14.6. The van der Waals surface area contributed by atoms with Gasteiger partial charge in [-0.2, -0.15) is 0 Å². The molecule has 8 unspecified atom stereocenters. The molecule has 0 spiro atoms. The first kappa shape index (κ1) is 13.8. The Labute approximate surface area is 125 Å². The molecule has 3 fully saturated rings. The van der Waals surface area contributed by atoms with E-state index in [1.807, 2.05) is 0 Å². The van der Waals surface area contributed by atoms with Crippen LogP contribution in [0.4, 0.5) is 0 Å². The van der Waals surface area contributed by atoms with Gasteiger partial charge in [-0.05, 0) is 60.7 Å². The second-order valence-corrected chi connectivity index (χ2v) is 7.32. The van der Waals surface area contributed by atoms with E-state index >= 15 is 0 Å². The largest absolute Gasteiger partial charge is 0.438 e. The molecule has 0 aromatic carbocycles. The Hall–Kier alpha value is -0.870.